The van der Waals surface area contributed by atoms with Crippen LogP contribution in [0.25, 0.3) is 0 Å². The zero-order chi connectivity index (χ0) is 14.4. The molecule has 1 aliphatic carbocycles. The van der Waals surface area contributed by atoms with E-state index in [1.165, 1.54) is 12.8 Å². The Morgan fingerprint density at radius 3 is 2.95 bits per heavy atom. The Labute approximate surface area is 125 Å². The number of amides is 1. The van der Waals surface area contributed by atoms with Gasteiger partial charge in [0.25, 0.3) is 5.91 Å². The molecule has 4 heteroatoms. The van der Waals surface area contributed by atoms with E-state index in [0.29, 0.717) is 17.5 Å². The van der Waals surface area contributed by atoms with E-state index in [1.807, 2.05) is 29.2 Å². The molecular formula is C17H21NO3. The molecule has 112 valence electrons. The highest BCUT2D eigenvalue weighted by Crippen LogP contribution is 2.51. The van der Waals surface area contributed by atoms with Crippen molar-refractivity contribution < 1.29 is 14.3 Å². The Morgan fingerprint density at radius 1 is 1.43 bits per heavy atom. The van der Waals surface area contributed by atoms with Crippen LogP contribution >= 0.6 is 0 Å². The predicted molar refractivity (Wildman–Crippen MR) is 78.5 cm³/mol. The molecule has 4 rings (SSSR count). The van der Waals surface area contributed by atoms with Gasteiger partial charge in [-0.15, -0.1) is 0 Å². The SMILES string of the molecule is COc1cccc(C(=O)N2C[C@@]3(CCCO3)[C@@H]2C2CC2)c1. The van der Waals surface area contributed by atoms with Crippen molar-refractivity contribution in [2.45, 2.75) is 37.3 Å². The van der Waals surface area contributed by atoms with E-state index in [1.54, 1.807) is 7.11 Å². The minimum absolute atomic E-state index is 0.0321. The lowest BCUT2D eigenvalue weighted by atomic mass is 9.77. The van der Waals surface area contributed by atoms with E-state index >= 15 is 0 Å². The lowest BCUT2D eigenvalue weighted by molar-refractivity contribution is -0.149. The van der Waals surface area contributed by atoms with Crippen LogP contribution in [0.15, 0.2) is 24.3 Å². The van der Waals surface area contributed by atoms with Crippen LogP contribution in [0.4, 0.5) is 0 Å². The molecule has 4 nitrogen and oxygen atoms in total. The van der Waals surface area contributed by atoms with Crippen LogP contribution in [0.3, 0.4) is 0 Å². The lowest BCUT2D eigenvalue weighted by Crippen LogP contribution is -2.71. The fourth-order valence-corrected chi connectivity index (χ4v) is 3.94. The highest BCUT2D eigenvalue weighted by molar-refractivity contribution is 5.95. The molecule has 0 aromatic heterocycles. The van der Waals surface area contributed by atoms with Gasteiger partial charge in [-0.3, -0.25) is 4.79 Å². The molecule has 1 spiro atoms. The van der Waals surface area contributed by atoms with Crippen molar-refractivity contribution >= 4 is 5.91 Å². The Balaban J connectivity index is 1.57. The summed E-state index contributed by atoms with van der Waals surface area (Å²) in [5.74, 6) is 1.49. The summed E-state index contributed by atoms with van der Waals surface area (Å²) in [6, 6.07) is 7.73. The average Bonchev–Trinajstić information content (AvgIpc) is 3.18. The summed E-state index contributed by atoms with van der Waals surface area (Å²) in [6.07, 6.45) is 4.70. The molecule has 0 N–H and O–H groups in total. The zero-order valence-electron chi connectivity index (χ0n) is 12.4. The van der Waals surface area contributed by atoms with Gasteiger partial charge in [0, 0.05) is 12.2 Å². The van der Waals surface area contributed by atoms with Crippen molar-refractivity contribution in [1.82, 2.24) is 4.90 Å². The quantitative estimate of drug-likeness (QED) is 0.857. The fourth-order valence-electron chi connectivity index (χ4n) is 3.94. The molecule has 2 aliphatic heterocycles. The van der Waals surface area contributed by atoms with Gasteiger partial charge in [-0.05, 0) is 49.8 Å². The van der Waals surface area contributed by atoms with Gasteiger partial charge in [-0.25, -0.2) is 0 Å². The predicted octanol–water partition coefficient (Wildman–Crippen LogP) is 2.48. The van der Waals surface area contributed by atoms with Gasteiger partial charge in [0.2, 0.25) is 0 Å². The summed E-state index contributed by atoms with van der Waals surface area (Å²) in [4.78, 5) is 14.8. The molecule has 1 saturated carbocycles. The van der Waals surface area contributed by atoms with Crippen molar-refractivity contribution in [1.29, 1.82) is 0 Å². The summed E-state index contributed by atoms with van der Waals surface area (Å²) in [5.41, 5.74) is 0.684. The molecule has 2 heterocycles. The van der Waals surface area contributed by atoms with Crippen LogP contribution in [-0.2, 0) is 4.74 Å². The monoisotopic (exact) mass is 287 g/mol. The number of carbonyl (C=O) groups is 1. The minimum Gasteiger partial charge on any atom is -0.497 e. The number of ether oxygens (including phenoxy) is 2. The van der Waals surface area contributed by atoms with Crippen molar-refractivity contribution in [3.05, 3.63) is 29.8 Å². The van der Waals surface area contributed by atoms with E-state index in [4.69, 9.17) is 9.47 Å². The average molecular weight is 287 g/mol. The maximum absolute atomic E-state index is 12.8. The van der Waals surface area contributed by atoms with Crippen LogP contribution in [0.2, 0.25) is 0 Å². The second kappa shape index (κ2) is 4.73. The van der Waals surface area contributed by atoms with Crippen LogP contribution in [0.1, 0.15) is 36.0 Å². The number of hydrogen-bond acceptors (Lipinski definition) is 3. The van der Waals surface area contributed by atoms with E-state index < -0.39 is 0 Å². The number of carbonyl (C=O) groups excluding carboxylic acids is 1. The highest BCUT2D eigenvalue weighted by atomic mass is 16.5. The molecule has 1 amide bonds. The third-order valence-corrected chi connectivity index (χ3v) is 5.09. The van der Waals surface area contributed by atoms with E-state index in [2.05, 4.69) is 0 Å². The number of benzene rings is 1. The summed E-state index contributed by atoms with van der Waals surface area (Å²) < 4.78 is 11.3. The summed E-state index contributed by atoms with van der Waals surface area (Å²) in [7, 11) is 1.63. The molecule has 0 bridgehead atoms. The maximum Gasteiger partial charge on any atom is 0.254 e. The van der Waals surface area contributed by atoms with Crippen molar-refractivity contribution in [2.75, 3.05) is 20.3 Å². The third kappa shape index (κ3) is 2.04. The summed E-state index contributed by atoms with van der Waals surface area (Å²) in [5, 5.41) is 0. The summed E-state index contributed by atoms with van der Waals surface area (Å²) in [6.45, 7) is 1.61. The van der Waals surface area contributed by atoms with Crippen molar-refractivity contribution in [2.24, 2.45) is 5.92 Å². The number of methoxy groups -OCH3 is 1. The number of likely N-dealkylation sites (tertiary alicyclic amines) is 1. The van der Waals surface area contributed by atoms with E-state index in [0.717, 1.165) is 31.7 Å². The second-order valence-corrected chi connectivity index (χ2v) is 6.46. The van der Waals surface area contributed by atoms with Gasteiger partial charge in [-0.2, -0.15) is 0 Å². The van der Waals surface area contributed by atoms with Crippen molar-refractivity contribution in [3.8, 4) is 5.75 Å². The summed E-state index contributed by atoms with van der Waals surface area (Å²) >= 11 is 0. The lowest BCUT2D eigenvalue weighted by Gasteiger charge is -2.55. The van der Waals surface area contributed by atoms with Crippen LogP contribution in [0.5, 0.6) is 5.75 Å². The number of rotatable bonds is 3. The highest BCUT2D eigenvalue weighted by Gasteiger charge is 2.61. The first kappa shape index (κ1) is 13.1. The molecule has 3 aliphatic rings. The van der Waals surface area contributed by atoms with E-state index in [9.17, 15) is 4.79 Å². The third-order valence-electron chi connectivity index (χ3n) is 5.09. The molecule has 0 unspecified atom stereocenters. The Morgan fingerprint density at radius 2 is 2.29 bits per heavy atom. The normalized spacial score (nSPS) is 31.3. The smallest absolute Gasteiger partial charge is 0.254 e. The van der Waals surface area contributed by atoms with Gasteiger partial charge in [0.1, 0.15) is 11.4 Å². The molecule has 1 aromatic rings. The van der Waals surface area contributed by atoms with Gasteiger partial charge in [0.05, 0.1) is 19.7 Å². The Kier molecular flexibility index (Phi) is 2.96. The standard InChI is InChI=1S/C17H21NO3/c1-20-14-5-2-4-13(10-14)16(19)18-11-17(8-3-9-21-17)15(18)12-6-7-12/h2,4-5,10,12,15H,3,6-9,11H2,1H3/t15-,17-/m0/s1. The largest absolute Gasteiger partial charge is 0.497 e. The van der Waals surface area contributed by atoms with Crippen LogP contribution < -0.4 is 4.74 Å². The van der Waals surface area contributed by atoms with Crippen LogP contribution in [-0.4, -0.2) is 42.7 Å². The molecular weight excluding hydrogens is 266 g/mol. The van der Waals surface area contributed by atoms with Crippen LogP contribution in [0, 0.1) is 5.92 Å². The molecule has 3 fully saturated rings. The zero-order valence-corrected chi connectivity index (χ0v) is 12.4. The number of nitrogens with zero attached hydrogens (tertiary/aromatic N) is 1. The minimum atomic E-state index is -0.0321. The first-order valence-electron chi connectivity index (χ1n) is 7.82. The van der Waals surface area contributed by atoms with E-state index in [-0.39, 0.29) is 11.5 Å². The fraction of sp³-hybridized carbons (Fsp3) is 0.588. The molecule has 21 heavy (non-hydrogen) atoms. The van der Waals surface area contributed by atoms with Gasteiger partial charge in [0.15, 0.2) is 0 Å². The molecule has 2 atom stereocenters. The molecule has 2 saturated heterocycles. The van der Waals surface area contributed by atoms with Gasteiger partial charge >= 0.3 is 0 Å². The second-order valence-electron chi connectivity index (χ2n) is 6.46. The maximum atomic E-state index is 12.8. The Hall–Kier alpha value is -1.55. The molecule has 1 aromatic carbocycles. The molecule has 0 radical (unpaired) electrons. The first-order chi connectivity index (χ1) is 10.2. The van der Waals surface area contributed by atoms with Gasteiger partial charge < -0.3 is 14.4 Å². The number of hydrogen-bond donors (Lipinski definition) is 0. The van der Waals surface area contributed by atoms with Gasteiger partial charge in [-0.1, -0.05) is 6.07 Å². The first-order valence-corrected chi connectivity index (χ1v) is 7.82. The topological polar surface area (TPSA) is 38.8 Å². The Bertz CT molecular complexity index is 561. The van der Waals surface area contributed by atoms with Crippen molar-refractivity contribution in [3.63, 3.8) is 0 Å².